The number of hydrogen-bond donors (Lipinski definition) is 1. The molecule has 1 aromatic heterocycles. The highest BCUT2D eigenvalue weighted by Crippen LogP contribution is 2.48. The Morgan fingerprint density at radius 2 is 1.61 bits per heavy atom. The van der Waals surface area contributed by atoms with E-state index in [1.54, 1.807) is 48.5 Å². The van der Waals surface area contributed by atoms with Crippen LogP contribution >= 0.6 is 46.3 Å². The molecule has 2 heterocycles. The van der Waals surface area contributed by atoms with Gasteiger partial charge in [-0.15, -0.1) is 10.2 Å². The third-order valence-corrected chi connectivity index (χ3v) is 10.9. The molecule has 1 aliphatic heterocycles. The molecule has 0 saturated carbocycles. The summed E-state index contributed by atoms with van der Waals surface area (Å²) in [5.41, 5.74) is 3.55. The second-order valence-corrected chi connectivity index (χ2v) is 14.3. The van der Waals surface area contributed by atoms with Crippen LogP contribution in [0.1, 0.15) is 33.9 Å². The van der Waals surface area contributed by atoms with Crippen molar-refractivity contribution >= 4 is 68.9 Å². The molecular weight excluding hydrogens is 733 g/mol. The number of benzene rings is 4. The Hall–Kier alpha value is -4.75. The molecule has 14 heteroatoms. The van der Waals surface area contributed by atoms with Crippen LogP contribution in [0.25, 0.3) is 5.76 Å². The molecule has 0 aliphatic carbocycles. The SMILES string of the molecule is COc1cc(C2C(=C(O)c3ccc(OCc4ccccc4C)cc3)C(=O)C(=O)N2c2nnc(SCc3ccc(Cl)cc3Cl)s2)cc(OC)c1OC. The number of anilines is 1. The van der Waals surface area contributed by atoms with Crippen molar-refractivity contribution in [2.75, 3.05) is 26.2 Å². The summed E-state index contributed by atoms with van der Waals surface area (Å²) in [5.74, 6) is -0.235. The van der Waals surface area contributed by atoms with Crippen LogP contribution in [0.5, 0.6) is 23.0 Å². The van der Waals surface area contributed by atoms with E-state index < -0.39 is 17.7 Å². The number of aryl methyl sites for hydroxylation is 1. The summed E-state index contributed by atoms with van der Waals surface area (Å²) in [6.07, 6.45) is 0. The van der Waals surface area contributed by atoms with E-state index >= 15 is 0 Å². The summed E-state index contributed by atoms with van der Waals surface area (Å²) in [4.78, 5) is 29.0. The summed E-state index contributed by atoms with van der Waals surface area (Å²) >= 11 is 14.9. The number of hydrogen-bond acceptors (Lipinski definition) is 11. The quantitative estimate of drug-likeness (QED) is 0.0435. The van der Waals surface area contributed by atoms with Crippen LogP contribution in [0.3, 0.4) is 0 Å². The third-order valence-electron chi connectivity index (χ3n) is 8.20. The first-order valence-electron chi connectivity index (χ1n) is 15.4. The van der Waals surface area contributed by atoms with Crippen LogP contribution in [-0.2, 0) is 21.9 Å². The summed E-state index contributed by atoms with van der Waals surface area (Å²) in [6.45, 7) is 2.37. The van der Waals surface area contributed by atoms with Crippen molar-refractivity contribution < 1.29 is 33.6 Å². The smallest absolute Gasteiger partial charge is 0.301 e. The molecule has 0 bridgehead atoms. The average Bonchev–Trinajstić information content (AvgIpc) is 3.71. The van der Waals surface area contributed by atoms with Crippen LogP contribution in [-0.4, -0.2) is 48.3 Å². The van der Waals surface area contributed by atoms with Crippen molar-refractivity contribution in [3.8, 4) is 23.0 Å². The number of rotatable bonds is 12. The number of thioether (sulfide) groups is 1. The maximum absolute atomic E-state index is 13.9. The lowest BCUT2D eigenvalue weighted by molar-refractivity contribution is -0.132. The number of carbonyl (C=O) groups excluding carboxylic acids is 2. The normalized spacial score (nSPS) is 15.3. The molecule has 4 aromatic carbocycles. The minimum atomic E-state index is -1.13. The zero-order valence-electron chi connectivity index (χ0n) is 27.8. The molecule has 10 nitrogen and oxygen atoms in total. The van der Waals surface area contributed by atoms with E-state index in [9.17, 15) is 14.7 Å². The summed E-state index contributed by atoms with van der Waals surface area (Å²) in [7, 11) is 4.39. The number of ketones is 1. The van der Waals surface area contributed by atoms with Gasteiger partial charge in [0.15, 0.2) is 15.8 Å². The predicted octanol–water partition coefficient (Wildman–Crippen LogP) is 8.68. The van der Waals surface area contributed by atoms with Gasteiger partial charge in [0.1, 0.15) is 18.1 Å². The maximum atomic E-state index is 13.9. The molecule has 1 N–H and O–H groups in total. The first kappa shape index (κ1) is 36.1. The molecule has 1 amide bonds. The van der Waals surface area contributed by atoms with E-state index in [4.69, 9.17) is 42.1 Å². The van der Waals surface area contributed by atoms with Gasteiger partial charge in [-0.2, -0.15) is 0 Å². The molecule has 6 rings (SSSR count). The standard InChI is InChI=1S/C37H31Cl2N3O7S2/c1-20-7-5-6-8-22(20)18-49-26-13-10-21(11-14-26)32(43)30-31(24-15-28(46-2)34(48-4)29(16-24)47-3)42(35(45)33(30)44)36-40-41-37(51-36)50-19-23-9-12-25(38)17-27(23)39/h5-17,31,43H,18-19H2,1-4H3. The Balaban J connectivity index is 1.38. The molecule has 0 radical (unpaired) electrons. The Labute approximate surface area is 312 Å². The minimum absolute atomic E-state index is 0.152. The number of amides is 1. The summed E-state index contributed by atoms with van der Waals surface area (Å²) in [5, 5.41) is 21.5. The molecule has 51 heavy (non-hydrogen) atoms. The fourth-order valence-electron chi connectivity index (χ4n) is 5.54. The zero-order valence-corrected chi connectivity index (χ0v) is 31.0. The number of aliphatic hydroxyl groups excluding tert-OH is 1. The monoisotopic (exact) mass is 763 g/mol. The summed E-state index contributed by atoms with van der Waals surface area (Å²) < 4.78 is 23.2. The predicted molar refractivity (Wildman–Crippen MR) is 199 cm³/mol. The number of methoxy groups -OCH3 is 3. The Kier molecular flexibility index (Phi) is 11.1. The number of carbonyl (C=O) groups is 2. The van der Waals surface area contributed by atoms with Crippen molar-refractivity contribution in [2.24, 2.45) is 0 Å². The van der Waals surface area contributed by atoms with E-state index in [-0.39, 0.29) is 16.5 Å². The second-order valence-electron chi connectivity index (χ2n) is 11.2. The molecule has 1 unspecified atom stereocenters. The molecule has 1 saturated heterocycles. The lowest BCUT2D eigenvalue weighted by Gasteiger charge is -2.24. The van der Waals surface area contributed by atoms with Gasteiger partial charge in [0.2, 0.25) is 10.9 Å². The van der Waals surface area contributed by atoms with Gasteiger partial charge in [-0.05, 0) is 77.7 Å². The third kappa shape index (κ3) is 7.50. The van der Waals surface area contributed by atoms with Crippen LogP contribution < -0.4 is 23.8 Å². The van der Waals surface area contributed by atoms with Gasteiger partial charge < -0.3 is 24.1 Å². The van der Waals surface area contributed by atoms with Crippen LogP contribution in [0.2, 0.25) is 10.0 Å². The Morgan fingerprint density at radius 3 is 2.25 bits per heavy atom. The molecule has 1 aliphatic rings. The first-order chi connectivity index (χ1) is 24.6. The lowest BCUT2D eigenvalue weighted by atomic mass is 9.94. The molecule has 1 fully saturated rings. The average molecular weight is 765 g/mol. The highest BCUT2D eigenvalue weighted by Gasteiger charge is 2.49. The number of Topliss-reactive ketones (excluding diaryl/α,β-unsaturated/α-hetero) is 1. The van der Waals surface area contributed by atoms with Crippen molar-refractivity contribution in [1.82, 2.24) is 10.2 Å². The van der Waals surface area contributed by atoms with Crippen molar-refractivity contribution in [1.29, 1.82) is 0 Å². The van der Waals surface area contributed by atoms with Crippen molar-refractivity contribution in [3.05, 3.63) is 122 Å². The number of ether oxygens (including phenoxy) is 4. The Morgan fingerprint density at radius 1 is 0.902 bits per heavy atom. The summed E-state index contributed by atoms with van der Waals surface area (Å²) in [6, 6.07) is 21.9. The van der Waals surface area contributed by atoms with E-state index in [1.807, 2.05) is 37.3 Å². The number of halogens is 2. The van der Waals surface area contributed by atoms with E-state index in [0.29, 0.717) is 60.9 Å². The van der Waals surface area contributed by atoms with Crippen LogP contribution in [0.4, 0.5) is 5.13 Å². The molecule has 5 aromatic rings. The number of nitrogens with zero attached hydrogens (tertiary/aromatic N) is 3. The topological polar surface area (TPSA) is 120 Å². The zero-order chi connectivity index (χ0) is 36.2. The van der Waals surface area contributed by atoms with Gasteiger partial charge in [0.25, 0.3) is 5.78 Å². The number of aromatic nitrogens is 2. The first-order valence-corrected chi connectivity index (χ1v) is 18.0. The highest BCUT2D eigenvalue weighted by atomic mass is 35.5. The van der Waals surface area contributed by atoms with E-state index in [0.717, 1.165) is 28.0 Å². The minimum Gasteiger partial charge on any atom is -0.507 e. The lowest BCUT2D eigenvalue weighted by Crippen LogP contribution is -2.29. The fourth-order valence-corrected chi connectivity index (χ4v) is 7.96. The van der Waals surface area contributed by atoms with E-state index in [1.165, 1.54) is 38.0 Å². The van der Waals surface area contributed by atoms with Crippen LogP contribution in [0.15, 0.2) is 88.8 Å². The maximum Gasteiger partial charge on any atom is 0.301 e. The second kappa shape index (κ2) is 15.6. The van der Waals surface area contributed by atoms with Gasteiger partial charge >= 0.3 is 5.91 Å². The molecule has 1 atom stereocenters. The van der Waals surface area contributed by atoms with Crippen molar-refractivity contribution in [2.45, 2.75) is 29.7 Å². The van der Waals surface area contributed by atoms with Gasteiger partial charge in [-0.3, -0.25) is 14.5 Å². The largest absolute Gasteiger partial charge is 0.507 e. The molecule has 0 spiro atoms. The molecular formula is C37H31Cl2N3O7S2. The van der Waals surface area contributed by atoms with E-state index in [2.05, 4.69) is 10.2 Å². The highest BCUT2D eigenvalue weighted by molar-refractivity contribution is 8.00. The van der Waals surface area contributed by atoms with Gasteiger partial charge in [-0.1, -0.05) is 76.6 Å². The van der Waals surface area contributed by atoms with Crippen LogP contribution in [0, 0.1) is 6.92 Å². The van der Waals surface area contributed by atoms with Crippen molar-refractivity contribution in [3.63, 3.8) is 0 Å². The van der Waals surface area contributed by atoms with Gasteiger partial charge in [0, 0.05) is 21.4 Å². The fraction of sp³-hybridized carbons (Fsp3) is 0.189. The van der Waals surface area contributed by atoms with Gasteiger partial charge in [-0.25, -0.2) is 0 Å². The van der Waals surface area contributed by atoms with Gasteiger partial charge in [0.05, 0.1) is 32.9 Å². The number of aliphatic hydroxyl groups is 1. The molecule has 262 valence electrons. The Bertz CT molecular complexity index is 2110.